The van der Waals surface area contributed by atoms with Crippen LogP contribution in [0.5, 0.6) is 11.5 Å². The van der Waals surface area contributed by atoms with Gasteiger partial charge in [-0.1, -0.05) is 44.0 Å². The summed E-state index contributed by atoms with van der Waals surface area (Å²) in [6, 6.07) is 13.8. The lowest BCUT2D eigenvalue weighted by Gasteiger charge is -2.32. The molecule has 3 rings (SSSR count). The van der Waals surface area contributed by atoms with E-state index in [1.54, 1.807) is 36.3 Å². The van der Waals surface area contributed by atoms with Crippen molar-refractivity contribution in [1.29, 1.82) is 0 Å². The molecule has 2 aromatic rings. The fourth-order valence-corrected chi connectivity index (χ4v) is 6.00. The predicted molar refractivity (Wildman–Crippen MR) is 152 cm³/mol. The second kappa shape index (κ2) is 14.2. The molecule has 214 valence electrons. The van der Waals surface area contributed by atoms with Crippen molar-refractivity contribution in [3.63, 3.8) is 0 Å². The van der Waals surface area contributed by atoms with Crippen molar-refractivity contribution in [3.05, 3.63) is 54.1 Å². The highest BCUT2D eigenvalue weighted by Crippen LogP contribution is 2.30. The maximum atomic E-state index is 13.6. The molecule has 9 nitrogen and oxygen atoms in total. The van der Waals surface area contributed by atoms with Crippen LogP contribution >= 0.6 is 0 Å². The Morgan fingerprint density at radius 3 is 2.28 bits per heavy atom. The third-order valence-electron chi connectivity index (χ3n) is 7.11. The lowest BCUT2D eigenvalue weighted by molar-refractivity contribution is -0.141. The van der Waals surface area contributed by atoms with Gasteiger partial charge in [-0.25, -0.2) is 8.42 Å². The van der Waals surface area contributed by atoms with Crippen LogP contribution in [0.4, 0.5) is 5.69 Å². The highest BCUT2D eigenvalue weighted by Gasteiger charge is 2.31. The topological polar surface area (TPSA) is 105 Å². The first-order chi connectivity index (χ1) is 18.7. The van der Waals surface area contributed by atoms with Gasteiger partial charge in [0.2, 0.25) is 21.8 Å². The minimum atomic E-state index is -3.62. The van der Waals surface area contributed by atoms with Gasteiger partial charge in [-0.2, -0.15) is 0 Å². The molecule has 0 spiro atoms. The molecule has 0 saturated heterocycles. The summed E-state index contributed by atoms with van der Waals surface area (Å²) in [7, 11) is -0.538. The SMILES string of the molecule is CCC(C(=O)NC1CCCC1)N(Cc1ccc(OC)cc1)C(=O)CCCN(c1ccccc1OC)S(C)(=O)=O. The molecule has 1 unspecified atom stereocenters. The molecule has 1 fully saturated rings. The van der Waals surface area contributed by atoms with Crippen LogP contribution in [0.15, 0.2) is 48.5 Å². The number of methoxy groups -OCH3 is 2. The third kappa shape index (κ3) is 8.36. The molecule has 10 heteroatoms. The predicted octanol–water partition coefficient (Wildman–Crippen LogP) is 4.12. The Hall–Kier alpha value is -3.27. The van der Waals surface area contributed by atoms with Crippen LogP contribution < -0.4 is 19.1 Å². The number of nitrogens with one attached hydrogen (secondary N) is 1. The molecular formula is C29H41N3O6S. The Balaban J connectivity index is 1.77. The Labute approximate surface area is 232 Å². The largest absolute Gasteiger partial charge is 0.497 e. The van der Waals surface area contributed by atoms with Crippen molar-refractivity contribution in [2.45, 2.75) is 70.5 Å². The summed E-state index contributed by atoms with van der Waals surface area (Å²) in [5, 5.41) is 3.14. The van der Waals surface area contributed by atoms with Crippen molar-refractivity contribution in [2.75, 3.05) is 31.3 Å². The molecule has 0 aromatic heterocycles. The van der Waals surface area contributed by atoms with Crippen LogP contribution in [0.3, 0.4) is 0 Å². The van der Waals surface area contributed by atoms with Gasteiger partial charge in [-0.05, 0) is 55.5 Å². The van der Waals surface area contributed by atoms with E-state index < -0.39 is 16.1 Å². The van der Waals surface area contributed by atoms with Crippen molar-refractivity contribution in [3.8, 4) is 11.5 Å². The molecule has 2 aromatic carbocycles. The van der Waals surface area contributed by atoms with Gasteiger partial charge in [0.05, 0.1) is 26.2 Å². The summed E-state index contributed by atoms with van der Waals surface area (Å²) in [4.78, 5) is 28.6. The van der Waals surface area contributed by atoms with E-state index in [0.717, 1.165) is 37.5 Å². The minimum Gasteiger partial charge on any atom is -0.497 e. The van der Waals surface area contributed by atoms with E-state index in [1.165, 1.54) is 11.4 Å². The number of nitrogens with zero attached hydrogens (tertiary/aromatic N) is 2. The zero-order chi connectivity index (χ0) is 28.4. The van der Waals surface area contributed by atoms with Gasteiger partial charge in [0.15, 0.2) is 0 Å². The fourth-order valence-electron chi connectivity index (χ4n) is 5.03. The van der Waals surface area contributed by atoms with E-state index in [-0.39, 0.29) is 43.8 Å². The minimum absolute atomic E-state index is 0.0878. The Morgan fingerprint density at radius 1 is 1.03 bits per heavy atom. The molecule has 0 radical (unpaired) electrons. The number of para-hydroxylation sites is 2. The zero-order valence-electron chi connectivity index (χ0n) is 23.4. The van der Waals surface area contributed by atoms with Crippen molar-refractivity contribution in [2.24, 2.45) is 0 Å². The highest BCUT2D eigenvalue weighted by molar-refractivity contribution is 7.92. The van der Waals surface area contributed by atoms with E-state index in [9.17, 15) is 18.0 Å². The maximum absolute atomic E-state index is 13.6. The van der Waals surface area contributed by atoms with E-state index >= 15 is 0 Å². The molecule has 1 aliphatic carbocycles. The van der Waals surface area contributed by atoms with Crippen LogP contribution in [0, 0.1) is 0 Å². The Morgan fingerprint density at radius 2 is 1.69 bits per heavy atom. The average molecular weight is 560 g/mol. The summed E-state index contributed by atoms with van der Waals surface area (Å²) in [5.41, 5.74) is 1.30. The van der Waals surface area contributed by atoms with E-state index in [4.69, 9.17) is 9.47 Å². The monoisotopic (exact) mass is 559 g/mol. The van der Waals surface area contributed by atoms with Gasteiger partial charge in [0.25, 0.3) is 0 Å². The molecule has 1 atom stereocenters. The summed E-state index contributed by atoms with van der Waals surface area (Å²) < 4.78 is 37.1. The van der Waals surface area contributed by atoms with E-state index in [2.05, 4.69) is 5.32 Å². The number of rotatable bonds is 14. The van der Waals surface area contributed by atoms with Gasteiger partial charge in [-0.15, -0.1) is 0 Å². The molecule has 0 bridgehead atoms. The molecule has 1 N–H and O–H groups in total. The van der Waals surface area contributed by atoms with Crippen molar-refractivity contribution in [1.82, 2.24) is 10.2 Å². The number of benzene rings is 2. The second-order valence-corrected chi connectivity index (χ2v) is 11.8. The number of hydrogen-bond donors (Lipinski definition) is 1. The average Bonchev–Trinajstić information content (AvgIpc) is 3.43. The molecule has 2 amide bonds. The van der Waals surface area contributed by atoms with Gasteiger partial charge in [0.1, 0.15) is 17.5 Å². The molecule has 1 aliphatic rings. The van der Waals surface area contributed by atoms with Gasteiger partial charge < -0.3 is 19.7 Å². The number of anilines is 1. The summed E-state index contributed by atoms with van der Waals surface area (Å²) >= 11 is 0. The van der Waals surface area contributed by atoms with Crippen LogP contribution in [0.1, 0.15) is 57.4 Å². The summed E-state index contributed by atoms with van der Waals surface area (Å²) in [6.07, 6.45) is 6.08. The Kier molecular flexibility index (Phi) is 11.0. The molecule has 0 aliphatic heterocycles. The second-order valence-electron chi connectivity index (χ2n) is 9.89. The zero-order valence-corrected chi connectivity index (χ0v) is 24.2. The lowest BCUT2D eigenvalue weighted by atomic mass is 10.1. The van der Waals surface area contributed by atoms with Crippen LogP contribution in [-0.4, -0.2) is 64.2 Å². The first-order valence-electron chi connectivity index (χ1n) is 13.5. The van der Waals surface area contributed by atoms with Crippen LogP contribution in [0.25, 0.3) is 0 Å². The van der Waals surface area contributed by atoms with Crippen LogP contribution in [-0.2, 0) is 26.2 Å². The molecule has 0 heterocycles. The number of amides is 2. The fraction of sp³-hybridized carbons (Fsp3) is 0.517. The number of ether oxygens (including phenoxy) is 2. The van der Waals surface area contributed by atoms with Crippen molar-refractivity contribution >= 4 is 27.5 Å². The highest BCUT2D eigenvalue weighted by atomic mass is 32.2. The molecular weight excluding hydrogens is 518 g/mol. The molecule has 39 heavy (non-hydrogen) atoms. The van der Waals surface area contributed by atoms with Gasteiger partial charge >= 0.3 is 0 Å². The van der Waals surface area contributed by atoms with Gasteiger partial charge in [0, 0.05) is 25.6 Å². The van der Waals surface area contributed by atoms with Crippen LogP contribution in [0.2, 0.25) is 0 Å². The number of hydrogen-bond acceptors (Lipinski definition) is 6. The summed E-state index contributed by atoms with van der Waals surface area (Å²) in [5.74, 6) is 0.802. The lowest BCUT2D eigenvalue weighted by Crippen LogP contribution is -2.51. The first-order valence-corrected chi connectivity index (χ1v) is 15.4. The third-order valence-corrected chi connectivity index (χ3v) is 8.29. The normalized spacial score (nSPS) is 14.5. The Bertz CT molecular complexity index is 1200. The summed E-state index contributed by atoms with van der Waals surface area (Å²) in [6.45, 7) is 2.27. The van der Waals surface area contributed by atoms with Gasteiger partial charge in [-0.3, -0.25) is 13.9 Å². The standard InChI is InChI=1S/C29H41N3O6S/c1-5-25(29(34)30-23-11-6-7-12-23)31(21-22-16-18-24(37-2)19-17-22)28(33)15-10-20-32(39(4,35)36)26-13-8-9-14-27(26)38-3/h8-9,13-14,16-19,23,25H,5-7,10-12,15,20-21H2,1-4H3,(H,30,34). The smallest absolute Gasteiger partial charge is 0.243 e. The van der Waals surface area contributed by atoms with E-state index in [0.29, 0.717) is 23.6 Å². The number of carbonyl (C=O) groups is 2. The number of sulfonamides is 1. The quantitative estimate of drug-likeness (QED) is 0.373. The maximum Gasteiger partial charge on any atom is 0.243 e. The van der Waals surface area contributed by atoms with E-state index in [1.807, 2.05) is 31.2 Å². The number of carbonyl (C=O) groups excluding carboxylic acids is 2. The first kappa shape index (κ1) is 30.3. The van der Waals surface area contributed by atoms with Crippen molar-refractivity contribution < 1.29 is 27.5 Å². The molecule has 1 saturated carbocycles.